The normalized spacial score (nSPS) is 18.4. The van der Waals surface area contributed by atoms with E-state index in [4.69, 9.17) is 4.74 Å². The Morgan fingerprint density at radius 3 is 2.68 bits per heavy atom. The largest absolute Gasteiger partial charge is 0.385 e. The van der Waals surface area contributed by atoms with E-state index in [1.807, 2.05) is 0 Å². The van der Waals surface area contributed by atoms with Crippen LogP contribution in [0.25, 0.3) is 0 Å². The lowest BCUT2D eigenvalue weighted by molar-refractivity contribution is -0.908. The minimum Gasteiger partial charge on any atom is -0.385 e. The van der Waals surface area contributed by atoms with Gasteiger partial charge in [0.25, 0.3) is 0 Å². The zero-order chi connectivity index (χ0) is 13.5. The Hall–Kier alpha value is -0.970. The van der Waals surface area contributed by atoms with Gasteiger partial charge in [0, 0.05) is 5.56 Å². The number of piperidine rings is 1. The molecule has 3 nitrogen and oxygen atoms in total. The molecule has 1 unspecified atom stereocenters. The molecule has 1 heterocycles. The van der Waals surface area contributed by atoms with Crippen LogP contribution in [0.4, 0.5) is 4.39 Å². The first-order valence-electron chi connectivity index (χ1n) is 7.08. The molecule has 0 spiro atoms. The number of rotatable bonds is 6. The number of hydrogen-bond donors (Lipinski definition) is 2. The van der Waals surface area contributed by atoms with Crippen molar-refractivity contribution < 1.29 is 19.1 Å². The monoisotopic (exact) mass is 268 g/mol. The molecule has 1 aromatic carbocycles. The fourth-order valence-corrected chi connectivity index (χ4v) is 2.57. The van der Waals surface area contributed by atoms with Crippen LogP contribution in [-0.4, -0.2) is 37.5 Å². The van der Waals surface area contributed by atoms with Crippen molar-refractivity contribution in [3.05, 3.63) is 35.6 Å². The SMILES string of the molecule is OC(COCc1ccccc1F)C[NH+]1CCCCC1. The van der Waals surface area contributed by atoms with Crippen LogP contribution in [-0.2, 0) is 11.3 Å². The standard InChI is InChI=1S/C15H22FNO2/c16-15-7-3-2-6-13(15)11-19-12-14(18)10-17-8-4-1-5-9-17/h2-3,6-7,14,18H,1,4-5,8-12H2/p+1. The van der Waals surface area contributed by atoms with Gasteiger partial charge in [0.1, 0.15) is 18.5 Å². The third kappa shape index (κ3) is 4.90. The van der Waals surface area contributed by atoms with Crippen LogP contribution in [0.15, 0.2) is 24.3 Å². The van der Waals surface area contributed by atoms with Gasteiger partial charge in [0.15, 0.2) is 0 Å². The Kier molecular flexibility index (Phi) is 5.76. The van der Waals surface area contributed by atoms with Crippen molar-refractivity contribution >= 4 is 0 Å². The molecule has 0 radical (unpaired) electrons. The molecule has 1 aliphatic rings. The first-order valence-corrected chi connectivity index (χ1v) is 7.08. The van der Waals surface area contributed by atoms with E-state index in [2.05, 4.69) is 0 Å². The lowest BCUT2D eigenvalue weighted by Gasteiger charge is -2.25. The maximum Gasteiger partial charge on any atom is 0.128 e. The van der Waals surface area contributed by atoms with Crippen molar-refractivity contribution in [2.75, 3.05) is 26.2 Å². The van der Waals surface area contributed by atoms with Crippen molar-refractivity contribution in [3.8, 4) is 0 Å². The molecular weight excluding hydrogens is 245 g/mol. The van der Waals surface area contributed by atoms with Crippen LogP contribution >= 0.6 is 0 Å². The highest BCUT2D eigenvalue weighted by Crippen LogP contribution is 2.07. The van der Waals surface area contributed by atoms with Gasteiger partial charge in [-0.25, -0.2) is 4.39 Å². The number of likely N-dealkylation sites (tertiary alicyclic amines) is 1. The highest BCUT2D eigenvalue weighted by molar-refractivity contribution is 5.16. The fraction of sp³-hybridized carbons (Fsp3) is 0.600. The molecule has 19 heavy (non-hydrogen) atoms. The molecule has 1 saturated heterocycles. The van der Waals surface area contributed by atoms with Crippen LogP contribution in [0.2, 0.25) is 0 Å². The zero-order valence-electron chi connectivity index (χ0n) is 11.3. The van der Waals surface area contributed by atoms with Crippen molar-refractivity contribution in [1.82, 2.24) is 0 Å². The second-order valence-corrected chi connectivity index (χ2v) is 5.28. The van der Waals surface area contributed by atoms with Crippen LogP contribution in [0.1, 0.15) is 24.8 Å². The molecule has 0 aromatic heterocycles. The zero-order valence-corrected chi connectivity index (χ0v) is 11.3. The van der Waals surface area contributed by atoms with Gasteiger partial charge in [-0.3, -0.25) is 0 Å². The molecule has 0 aliphatic carbocycles. The van der Waals surface area contributed by atoms with E-state index < -0.39 is 6.10 Å². The summed E-state index contributed by atoms with van der Waals surface area (Å²) in [5.74, 6) is -0.251. The Morgan fingerprint density at radius 1 is 1.21 bits per heavy atom. The number of benzene rings is 1. The number of aliphatic hydroxyl groups is 1. The van der Waals surface area contributed by atoms with Crippen LogP contribution in [0, 0.1) is 5.82 Å². The number of nitrogens with one attached hydrogen (secondary N) is 1. The molecule has 2 N–H and O–H groups in total. The summed E-state index contributed by atoms with van der Waals surface area (Å²) in [6.07, 6.45) is 3.35. The van der Waals surface area contributed by atoms with Gasteiger partial charge in [-0.15, -0.1) is 0 Å². The fourth-order valence-electron chi connectivity index (χ4n) is 2.57. The minimum atomic E-state index is -0.458. The average Bonchev–Trinajstić information content (AvgIpc) is 2.42. The summed E-state index contributed by atoms with van der Waals surface area (Å²) in [6, 6.07) is 6.58. The summed E-state index contributed by atoms with van der Waals surface area (Å²) < 4.78 is 18.7. The first kappa shape index (κ1) is 14.4. The van der Waals surface area contributed by atoms with Crippen molar-refractivity contribution in [2.45, 2.75) is 32.0 Å². The number of halogens is 1. The molecule has 2 rings (SSSR count). The van der Waals surface area contributed by atoms with Crippen LogP contribution in [0.3, 0.4) is 0 Å². The third-order valence-corrected chi connectivity index (χ3v) is 3.61. The van der Waals surface area contributed by atoms with E-state index in [1.165, 1.54) is 30.2 Å². The van der Waals surface area contributed by atoms with E-state index in [1.54, 1.807) is 18.2 Å². The summed E-state index contributed by atoms with van der Waals surface area (Å²) in [5, 5.41) is 9.91. The number of ether oxygens (including phenoxy) is 1. The van der Waals surface area contributed by atoms with E-state index in [9.17, 15) is 9.50 Å². The molecule has 0 bridgehead atoms. The lowest BCUT2D eigenvalue weighted by Crippen LogP contribution is -3.14. The molecular formula is C15H23FNO2+. The summed E-state index contributed by atoms with van der Waals surface area (Å²) >= 11 is 0. The number of aliphatic hydroxyl groups excluding tert-OH is 1. The van der Waals surface area contributed by atoms with Gasteiger partial charge in [0.2, 0.25) is 0 Å². The van der Waals surface area contributed by atoms with Gasteiger partial charge in [-0.05, 0) is 25.3 Å². The second-order valence-electron chi connectivity index (χ2n) is 5.28. The minimum absolute atomic E-state index is 0.221. The van der Waals surface area contributed by atoms with Crippen LogP contribution in [0.5, 0.6) is 0 Å². The molecule has 106 valence electrons. The van der Waals surface area contributed by atoms with E-state index >= 15 is 0 Å². The van der Waals surface area contributed by atoms with E-state index in [-0.39, 0.29) is 19.0 Å². The quantitative estimate of drug-likeness (QED) is 0.799. The van der Waals surface area contributed by atoms with Gasteiger partial charge >= 0.3 is 0 Å². The molecule has 0 saturated carbocycles. The van der Waals surface area contributed by atoms with Crippen molar-refractivity contribution in [3.63, 3.8) is 0 Å². The Labute approximate surface area is 114 Å². The van der Waals surface area contributed by atoms with Crippen LogP contribution < -0.4 is 4.90 Å². The lowest BCUT2D eigenvalue weighted by atomic mass is 10.1. The van der Waals surface area contributed by atoms with Gasteiger partial charge in [-0.1, -0.05) is 18.2 Å². The molecule has 1 aromatic rings. The molecule has 4 heteroatoms. The summed E-state index contributed by atoms with van der Waals surface area (Å²) in [7, 11) is 0. The number of hydrogen-bond acceptors (Lipinski definition) is 2. The topological polar surface area (TPSA) is 33.9 Å². The second kappa shape index (κ2) is 7.58. The summed E-state index contributed by atoms with van der Waals surface area (Å²) in [4.78, 5) is 1.45. The molecule has 1 atom stereocenters. The third-order valence-electron chi connectivity index (χ3n) is 3.61. The number of quaternary nitrogens is 1. The predicted molar refractivity (Wildman–Crippen MR) is 71.5 cm³/mol. The Bertz CT molecular complexity index is 380. The van der Waals surface area contributed by atoms with Gasteiger partial charge < -0.3 is 14.7 Å². The predicted octanol–water partition coefficient (Wildman–Crippen LogP) is 0.772. The van der Waals surface area contributed by atoms with Gasteiger partial charge in [0.05, 0.1) is 26.3 Å². The highest BCUT2D eigenvalue weighted by atomic mass is 19.1. The smallest absolute Gasteiger partial charge is 0.128 e. The summed E-state index contributed by atoms with van der Waals surface area (Å²) in [5.41, 5.74) is 0.542. The Morgan fingerprint density at radius 2 is 1.95 bits per heavy atom. The molecule has 0 amide bonds. The van der Waals surface area contributed by atoms with E-state index in [0.29, 0.717) is 5.56 Å². The average molecular weight is 268 g/mol. The van der Waals surface area contributed by atoms with E-state index in [0.717, 1.165) is 19.6 Å². The molecule has 1 aliphatic heterocycles. The maximum absolute atomic E-state index is 13.3. The van der Waals surface area contributed by atoms with Crippen molar-refractivity contribution in [1.29, 1.82) is 0 Å². The maximum atomic E-state index is 13.3. The first-order chi connectivity index (χ1) is 9.25. The summed E-state index contributed by atoms with van der Waals surface area (Å²) in [6.45, 7) is 3.52. The Balaban J connectivity index is 1.66. The highest BCUT2D eigenvalue weighted by Gasteiger charge is 2.17. The molecule has 1 fully saturated rings. The van der Waals surface area contributed by atoms with Gasteiger partial charge in [-0.2, -0.15) is 0 Å². The van der Waals surface area contributed by atoms with Crippen molar-refractivity contribution in [2.24, 2.45) is 0 Å².